The molecule has 4 N–H and O–H groups in total. The van der Waals surface area contributed by atoms with Crippen LogP contribution in [0.15, 0.2) is 54.6 Å². The Balaban J connectivity index is 1.72. The maximum absolute atomic E-state index is 13.2. The number of hydrogen-bond acceptors (Lipinski definition) is 5. The van der Waals surface area contributed by atoms with Crippen LogP contribution in [-0.4, -0.2) is 59.0 Å². The number of aliphatic hydroxyl groups excluding tert-OH is 1. The second kappa shape index (κ2) is 11.6. The highest BCUT2D eigenvalue weighted by molar-refractivity contribution is 5.83. The predicted octanol–water partition coefficient (Wildman–Crippen LogP) is 0.731. The number of piperazine rings is 1. The summed E-state index contributed by atoms with van der Waals surface area (Å²) in [5.74, 6) is -0.584. The second-order valence-electron chi connectivity index (χ2n) is 8.41. The fourth-order valence-corrected chi connectivity index (χ4v) is 4.07. The van der Waals surface area contributed by atoms with Crippen LogP contribution in [0.3, 0.4) is 0 Å². The molecule has 0 saturated carbocycles. The van der Waals surface area contributed by atoms with E-state index in [0.29, 0.717) is 32.6 Å². The van der Waals surface area contributed by atoms with E-state index in [9.17, 15) is 19.5 Å². The summed E-state index contributed by atoms with van der Waals surface area (Å²) in [5.41, 5.74) is 2.83. The Morgan fingerprint density at radius 1 is 1.06 bits per heavy atom. The molecule has 8 heteroatoms. The largest absolute Gasteiger partial charge is 0.389 e. The number of nitrogens with zero attached hydrogens (tertiary/aromatic N) is 1. The first-order valence-corrected chi connectivity index (χ1v) is 11.2. The van der Waals surface area contributed by atoms with Gasteiger partial charge in [-0.15, -0.1) is 0 Å². The SMILES string of the molecule is CC(=O)NCc1cccc(C[C@H](NC(C)=O)[C@H](O)[C@@H]2NCCN(Cc3ccccc3)C2=O)c1. The lowest BCUT2D eigenvalue weighted by atomic mass is 9.93. The third-order valence-electron chi connectivity index (χ3n) is 5.67. The highest BCUT2D eigenvalue weighted by atomic mass is 16.3. The van der Waals surface area contributed by atoms with E-state index in [1.165, 1.54) is 13.8 Å². The van der Waals surface area contributed by atoms with Gasteiger partial charge in [-0.3, -0.25) is 14.4 Å². The van der Waals surface area contributed by atoms with Crippen LogP contribution in [0.2, 0.25) is 0 Å². The van der Waals surface area contributed by atoms with E-state index in [1.54, 1.807) is 4.90 Å². The van der Waals surface area contributed by atoms with E-state index in [4.69, 9.17) is 0 Å². The Hall–Kier alpha value is -3.23. The molecule has 1 aliphatic rings. The normalized spacial score (nSPS) is 17.8. The minimum atomic E-state index is -1.11. The number of nitrogens with one attached hydrogen (secondary N) is 3. The second-order valence-corrected chi connectivity index (χ2v) is 8.41. The zero-order valence-electron chi connectivity index (χ0n) is 19.1. The molecule has 1 saturated heterocycles. The third-order valence-corrected chi connectivity index (χ3v) is 5.67. The smallest absolute Gasteiger partial charge is 0.242 e. The van der Waals surface area contributed by atoms with Crippen molar-refractivity contribution >= 4 is 17.7 Å². The minimum absolute atomic E-state index is 0.117. The van der Waals surface area contributed by atoms with Gasteiger partial charge in [-0.25, -0.2) is 0 Å². The van der Waals surface area contributed by atoms with Crippen LogP contribution in [0.4, 0.5) is 0 Å². The molecule has 0 aliphatic carbocycles. The molecule has 3 amide bonds. The fraction of sp³-hybridized carbons (Fsp3) is 0.400. The van der Waals surface area contributed by atoms with Crippen molar-refractivity contribution in [1.29, 1.82) is 0 Å². The van der Waals surface area contributed by atoms with Gasteiger partial charge in [-0.1, -0.05) is 54.6 Å². The Morgan fingerprint density at radius 2 is 1.76 bits per heavy atom. The van der Waals surface area contributed by atoms with Crippen molar-refractivity contribution in [2.24, 2.45) is 0 Å². The molecular weight excluding hydrogens is 420 g/mol. The number of carbonyl (C=O) groups is 3. The summed E-state index contributed by atoms with van der Waals surface area (Å²) in [7, 11) is 0. The van der Waals surface area contributed by atoms with Crippen LogP contribution in [0.5, 0.6) is 0 Å². The number of carbonyl (C=O) groups excluding carboxylic acids is 3. The molecule has 0 bridgehead atoms. The van der Waals surface area contributed by atoms with Gasteiger partial charge in [-0.2, -0.15) is 0 Å². The third kappa shape index (κ3) is 7.13. The summed E-state index contributed by atoms with van der Waals surface area (Å²) in [5, 5.41) is 19.9. The lowest BCUT2D eigenvalue weighted by molar-refractivity contribution is -0.141. The molecule has 0 spiro atoms. The van der Waals surface area contributed by atoms with Gasteiger partial charge in [0.15, 0.2) is 0 Å². The molecule has 0 unspecified atom stereocenters. The van der Waals surface area contributed by atoms with Gasteiger partial charge in [0.1, 0.15) is 6.04 Å². The standard InChI is InChI=1S/C25H32N4O4/c1-17(30)27-15-21-10-6-9-20(13-21)14-22(28-18(2)31)24(32)23-25(33)29(12-11-26-23)16-19-7-4-3-5-8-19/h3-10,13,22-24,26,32H,11-12,14-16H2,1-2H3,(H,27,30)(H,28,31)/t22-,23-,24-/m0/s1. The summed E-state index contributed by atoms with van der Waals surface area (Å²) in [6, 6.07) is 15.8. The van der Waals surface area contributed by atoms with Crippen molar-refractivity contribution in [2.45, 2.75) is 51.5 Å². The molecule has 176 valence electrons. The molecule has 0 radical (unpaired) electrons. The van der Waals surface area contributed by atoms with E-state index in [-0.39, 0.29) is 17.7 Å². The zero-order valence-corrected chi connectivity index (χ0v) is 19.1. The van der Waals surface area contributed by atoms with Crippen LogP contribution in [-0.2, 0) is 33.9 Å². The van der Waals surface area contributed by atoms with Gasteiger partial charge in [0, 0.05) is 40.0 Å². The van der Waals surface area contributed by atoms with E-state index >= 15 is 0 Å². The van der Waals surface area contributed by atoms with E-state index in [2.05, 4.69) is 16.0 Å². The molecule has 2 aromatic rings. The average Bonchev–Trinajstić information content (AvgIpc) is 2.79. The fourth-order valence-electron chi connectivity index (χ4n) is 4.07. The average molecular weight is 453 g/mol. The summed E-state index contributed by atoms with van der Waals surface area (Å²) in [4.78, 5) is 38.0. The molecule has 3 atom stereocenters. The molecule has 2 aromatic carbocycles. The molecular formula is C25H32N4O4. The first-order valence-electron chi connectivity index (χ1n) is 11.2. The van der Waals surface area contributed by atoms with Crippen molar-refractivity contribution in [1.82, 2.24) is 20.9 Å². The Bertz CT molecular complexity index is 966. The number of rotatable bonds is 9. The van der Waals surface area contributed by atoms with Crippen molar-refractivity contribution < 1.29 is 19.5 Å². The number of benzene rings is 2. The Kier molecular flexibility index (Phi) is 8.57. The van der Waals surface area contributed by atoms with Crippen LogP contribution in [0.25, 0.3) is 0 Å². The van der Waals surface area contributed by atoms with Crippen molar-refractivity contribution in [3.05, 3.63) is 71.3 Å². The highest BCUT2D eigenvalue weighted by Gasteiger charge is 2.38. The predicted molar refractivity (Wildman–Crippen MR) is 125 cm³/mol. The van der Waals surface area contributed by atoms with Crippen LogP contribution in [0, 0.1) is 0 Å². The van der Waals surface area contributed by atoms with E-state index in [0.717, 1.165) is 16.7 Å². The highest BCUT2D eigenvalue weighted by Crippen LogP contribution is 2.16. The monoisotopic (exact) mass is 452 g/mol. The van der Waals surface area contributed by atoms with Gasteiger partial charge in [0.2, 0.25) is 17.7 Å². The van der Waals surface area contributed by atoms with Gasteiger partial charge < -0.3 is 26.0 Å². The molecule has 8 nitrogen and oxygen atoms in total. The zero-order chi connectivity index (χ0) is 23.8. The minimum Gasteiger partial charge on any atom is -0.389 e. The molecule has 1 heterocycles. The van der Waals surface area contributed by atoms with Crippen molar-refractivity contribution in [3.8, 4) is 0 Å². The summed E-state index contributed by atoms with van der Waals surface area (Å²) in [6.45, 7) is 4.83. The topological polar surface area (TPSA) is 111 Å². The van der Waals surface area contributed by atoms with E-state index < -0.39 is 18.2 Å². The van der Waals surface area contributed by atoms with Gasteiger partial charge in [0.05, 0.1) is 12.1 Å². The lowest BCUT2D eigenvalue weighted by Gasteiger charge is -2.38. The summed E-state index contributed by atoms with van der Waals surface area (Å²) in [6.07, 6.45) is -0.766. The maximum Gasteiger partial charge on any atom is 0.242 e. The van der Waals surface area contributed by atoms with Gasteiger partial charge in [0.25, 0.3) is 0 Å². The van der Waals surface area contributed by atoms with Crippen molar-refractivity contribution in [2.75, 3.05) is 13.1 Å². The Labute approximate surface area is 194 Å². The van der Waals surface area contributed by atoms with Gasteiger partial charge in [-0.05, 0) is 23.1 Å². The lowest BCUT2D eigenvalue weighted by Crippen LogP contribution is -2.63. The quantitative estimate of drug-likeness (QED) is 0.448. The first kappa shape index (κ1) is 24.4. The van der Waals surface area contributed by atoms with Crippen LogP contribution < -0.4 is 16.0 Å². The van der Waals surface area contributed by atoms with E-state index in [1.807, 2.05) is 54.6 Å². The van der Waals surface area contributed by atoms with Gasteiger partial charge >= 0.3 is 0 Å². The summed E-state index contributed by atoms with van der Waals surface area (Å²) < 4.78 is 0. The molecule has 1 fully saturated rings. The first-order chi connectivity index (χ1) is 15.8. The molecule has 33 heavy (non-hydrogen) atoms. The van der Waals surface area contributed by atoms with Crippen LogP contribution >= 0.6 is 0 Å². The number of aliphatic hydroxyl groups is 1. The number of hydrogen-bond donors (Lipinski definition) is 4. The maximum atomic E-state index is 13.2. The number of amides is 3. The summed E-state index contributed by atoms with van der Waals surface area (Å²) >= 11 is 0. The molecule has 0 aromatic heterocycles. The van der Waals surface area contributed by atoms with Crippen LogP contribution in [0.1, 0.15) is 30.5 Å². The molecule has 3 rings (SSSR count). The van der Waals surface area contributed by atoms with Crippen molar-refractivity contribution in [3.63, 3.8) is 0 Å². The molecule has 1 aliphatic heterocycles. The Morgan fingerprint density at radius 3 is 2.45 bits per heavy atom.